The maximum absolute atomic E-state index is 9.64. The van der Waals surface area contributed by atoms with E-state index in [0.29, 0.717) is 12.5 Å². The Labute approximate surface area is 92.3 Å². The van der Waals surface area contributed by atoms with Crippen molar-refractivity contribution in [3.05, 3.63) is 35.9 Å². The van der Waals surface area contributed by atoms with Gasteiger partial charge in [-0.1, -0.05) is 44.2 Å². The SMILES string of the molecule is CC(C)CC(O)CNCc1ccccc1. The molecule has 84 valence electrons. The van der Waals surface area contributed by atoms with Gasteiger partial charge in [-0.3, -0.25) is 0 Å². The highest BCUT2D eigenvalue weighted by Crippen LogP contribution is 2.03. The molecule has 2 heteroatoms. The molecule has 1 unspecified atom stereocenters. The van der Waals surface area contributed by atoms with Gasteiger partial charge in [0.15, 0.2) is 0 Å². The Balaban J connectivity index is 2.16. The van der Waals surface area contributed by atoms with Gasteiger partial charge in [-0.05, 0) is 17.9 Å². The second kappa shape index (κ2) is 6.59. The van der Waals surface area contributed by atoms with Gasteiger partial charge in [0.1, 0.15) is 0 Å². The molecule has 0 saturated heterocycles. The van der Waals surface area contributed by atoms with Crippen molar-refractivity contribution < 1.29 is 5.11 Å². The zero-order valence-corrected chi connectivity index (χ0v) is 9.61. The predicted octanol–water partition coefficient (Wildman–Crippen LogP) is 2.18. The maximum atomic E-state index is 9.64. The van der Waals surface area contributed by atoms with Gasteiger partial charge in [-0.2, -0.15) is 0 Å². The lowest BCUT2D eigenvalue weighted by molar-refractivity contribution is 0.146. The zero-order chi connectivity index (χ0) is 11.1. The van der Waals surface area contributed by atoms with Crippen LogP contribution in [0.1, 0.15) is 25.8 Å². The van der Waals surface area contributed by atoms with E-state index in [4.69, 9.17) is 0 Å². The lowest BCUT2D eigenvalue weighted by Gasteiger charge is -2.13. The second-order valence-corrected chi connectivity index (χ2v) is 4.40. The molecule has 0 aromatic heterocycles. The number of nitrogens with one attached hydrogen (secondary N) is 1. The fourth-order valence-corrected chi connectivity index (χ4v) is 1.61. The molecular weight excluding hydrogens is 186 g/mol. The maximum Gasteiger partial charge on any atom is 0.0667 e. The molecule has 0 aliphatic rings. The van der Waals surface area contributed by atoms with Crippen LogP contribution in [-0.4, -0.2) is 17.8 Å². The van der Waals surface area contributed by atoms with Crippen molar-refractivity contribution in [3.8, 4) is 0 Å². The summed E-state index contributed by atoms with van der Waals surface area (Å²) in [5, 5.41) is 12.9. The number of rotatable bonds is 6. The molecule has 15 heavy (non-hydrogen) atoms. The Bertz CT molecular complexity index is 258. The molecule has 1 rings (SSSR count). The van der Waals surface area contributed by atoms with Gasteiger partial charge < -0.3 is 10.4 Å². The van der Waals surface area contributed by atoms with Gasteiger partial charge in [-0.15, -0.1) is 0 Å². The van der Waals surface area contributed by atoms with E-state index in [1.807, 2.05) is 18.2 Å². The molecule has 2 N–H and O–H groups in total. The molecule has 1 aromatic rings. The van der Waals surface area contributed by atoms with E-state index < -0.39 is 0 Å². The summed E-state index contributed by atoms with van der Waals surface area (Å²) in [6, 6.07) is 10.2. The molecule has 1 aromatic carbocycles. The standard InChI is InChI=1S/C13H21NO/c1-11(2)8-13(15)10-14-9-12-6-4-3-5-7-12/h3-7,11,13-15H,8-10H2,1-2H3. The minimum Gasteiger partial charge on any atom is -0.392 e. The number of aliphatic hydroxyl groups is 1. The first-order chi connectivity index (χ1) is 7.18. The van der Waals surface area contributed by atoms with Crippen LogP contribution in [0, 0.1) is 5.92 Å². The van der Waals surface area contributed by atoms with Crippen LogP contribution < -0.4 is 5.32 Å². The van der Waals surface area contributed by atoms with Gasteiger partial charge in [0, 0.05) is 13.1 Å². The average molecular weight is 207 g/mol. The van der Waals surface area contributed by atoms with Crippen molar-refractivity contribution in [1.82, 2.24) is 5.32 Å². The summed E-state index contributed by atoms with van der Waals surface area (Å²) in [4.78, 5) is 0. The molecule has 0 spiro atoms. The van der Waals surface area contributed by atoms with Crippen LogP contribution >= 0.6 is 0 Å². The minimum absolute atomic E-state index is 0.228. The summed E-state index contributed by atoms with van der Waals surface area (Å²) in [6.07, 6.45) is 0.635. The molecule has 0 saturated carbocycles. The van der Waals surface area contributed by atoms with Gasteiger partial charge >= 0.3 is 0 Å². The first-order valence-corrected chi connectivity index (χ1v) is 5.61. The Hall–Kier alpha value is -0.860. The predicted molar refractivity (Wildman–Crippen MR) is 63.6 cm³/mol. The summed E-state index contributed by atoms with van der Waals surface area (Å²) < 4.78 is 0. The number of aliphatic hydroxyl groups excluding tert-OH is 1. The molecule has 0 aliphatic heterocycles. The van der Waals surface area contributed by atoms with Crippen molar-refractivity contribution in [2.24, 2.45) is 5.92 Å². The first-order valence-electron chi connectivity index (χ1n) is 5.61. The fraction of sp³-hybridized carbons (Fsp3) is 0.538. The molecule has 0 fully saturated rings. The molecule has 0 heterocycles. The molecule has 0 aliphatic carbocycles. The van der Waals surface area contributed by atoms with Gasteiger partial charge in [0.2, 0.25) is 0 Å². The highest BCUT2D eigenvalue weighted by molar-refractivity contribution is 5.14. The third-order valence-corrected chi connectivity index (χ3v) is 2.30. The van der Waals surface area contributed by atoms with Gasteiger partial charge in [-0.25, -0.2) is 0 Å². The van der Waals surface area contributed by atoms with Gasteiger partial charge in [0.05, 0.1) is 6.10 Å². The van der Waals surface area contributed by atoms with Crippen molar-refractivity contribution >= 4 is 0 Å². The minimum atomic E-state index is -0.228. The quantitative estimate of drug-likeness (QED) is 0.749. The normalized spacial score (nSPS) is 13.1. The largest absolute Gasteiger partial charge is 0.392 e. The topological polar surface area (TPSA) is 32.3 Å². The molecular formula is C13H21NO. The molecule has 2 nitrogen and oxygen atoms in total. The summed E-state index contributed by atoms with van der Waals surface area (Å²) in [5.41, 5.74) is 1.26. The third kappa shape index (κ3) is 5.55. The van der Waals surface area contributed by atoms with Crippen molar-refractivity contribution in [2.75, 3.05) is 6.54 Å². The molecule has 0 bridgehead atoms. The lowest BCUT2D eigenvalue weighted by Crippen LogP contribution is -2.27. The van der Waals surface area contributed by atoms with Crippen LogP contribution in [0.3, 0.4) is 0 Å². The van der Waals surface area contributed by atoms with E-state index in [9.17, 15) is 5.11 Å². The molecule has 0 radical (unpaired) electrons. The van der Waals surface area contributed by atoms with E-state index >= 15 is 0 Å². The van der Waals surface area contributed by atoms with E-state index in [2.05, 4.69) is 31.3 Å². The summed E-state index contributed by atoms with van der Waals surface area (Å²) in [5.74, 6) is 0.554. The monoisotopic (exact) mass is 207 g/mol. The third-order valence-electron chi connectivity index (χ3n) is 2.30. The number of hydrogen-bond acceptors (Lipinski definition) is 2. The van der Waals surface area contributed by atoms with E-state index in [1.54, 1.807) is 0 Å². The zero-order valence-electron chi connectivity index (χ0n) is 9.61. The highest BCUT2D eigenvalue weighted by Gasteiger charge is 2.05. The van der Waals surface area contributed by atoms with E-state index in [0.717, 1.165) is 13.0 Å². The molecule has 0 amide bonds. The summed E-state index contributed by atoms with van der Waals surface area (Å²) in [7, 11) is 0. The smallest absolute Gasteiger partial charge is 0.0667 e. The summed E-state index contributed by atoms with van der Waals surface area (Å²) >= 11 is 0. The van der Waals surface area contributed by atoms with Crippen LogP contribution in [0.5, 0.6) is 0 Å². The van der Waals surface area contributed by atoms with E-state index in [1.165, 1.54) is 5.56 Å². The van der Waals surface area contributed by atoms with Crippen LogP contribution in [0.4, 0.5) is 0 Å². The van der Waals surface area contributed by atoms with E-state index in [-0.39, 0.29) is 6.10 Å². The van der Waals surface area contributed by atoms with Crippen LogP contribution in [-0.2, 0) is 6.54 Å². The highest BCUT2D eigenvalue weighted by atomic mass is 16.3. The second-order valence-electron chi connectivity index (χ2n) is 4.40. The molecule has 1 atom stereocenters. The van der Waals surface area contributed by atoms with Crippen molar-refractivity contribution in [2.45, 2.75) is 32.9 Å². The van der Waals surface area contributed by atoms with Crippen LogP contribution in [0.2, 0.25) is 0 Å². The van der Waals surface area contributed by atoms with Crippen molar-refractivity contribution in [1.29, 1.82) is 0 Å². The average Bonchev–Trinajstić information content (AvgIpc) is 2.18. The first kappa shape index (κ1) is 12.2. The fourth-order valence-electron chi connectivity index (χ4n) is 1.61. The number of hydrogen-bond donors (Lipinski definition) is 2. The van der Waals surface area contributed by atoms with Crippen molar-refractivity contribution in [3.63, 3.8) is 0 Å². The number of benzene rings is 1. The van der Waals surface area contributed by atoms with Gasteiger partial charge in [0.25, 0.3) is 0 Å². The van der Waals surface area contributed by atoms with Crippen LogP contribution in [0.25, 0.3) is 0 Å². The Morgan fingerprint density at radius 2 is 1.87 bits per heavy atom. The summed E-state index contributed by atoms with van der Waals surface area (Å²) in [6.45, 7) is 5.75. The Morgan fingerprint density at radius 3 is 2.47 bits per heavy atom. The Morgan fingerprint density at radius 1 is 1.20 bits per heavy atom. The lowest BCUT2D eigenvalue weighted by atomic mass is 10.1. The Kier molecular flexibility index (Phi) is 5.37. The van der Waals surface area contributed by atoms with Crippen LogP contribution in [0.15, 0.2) is 30.3 Å².